The zero-order valence-corrected chi connectivity index (χ0v) is 13.8. The summed E-state index contributed by atoms with van der Waals surface area (Å²) in [4.78, 5) is 33.1. The normalized spacial score (nSPS) is 28.4. The highest BCUT2D eigenvalue weighted by Gasteiger charge is 2.48. The van der Waals surface area contributed by atoms with Crippen molar-refractivity contribution in [3.8, 4) is 0 Å². The molecule has 3 saturated heterocycles. The van der Waals surface area contributed by atoms with Crippen LogP contribution >= 0.6 is 11.3 Å². The predicted octanol–water partition coefficient (Wildman–Crippen LogP) is 1.39. The van der Waals surface area contributed by atoms with E-state index in [1.165, 1.54) is 11.3 Å². The summed E-state index contributed by atoms with van der Waals surface area (Å²) in [5, 5.41) is 1.78. The van der Waals surface area contributed by atoms with E-state index >= 15 is 0 Å². The predicted molar refractivity (Wildman–Crippen MR) is 85.2 cm³/mol. The summed E-state index contributed by atoms with van der Waals surface area (Å²) in [5.41, 5.74) is 2.18. The first-order valence-electron chi connectivity index (χ1n) is 8.30. The van der Waals surface area contributed by atoms with E-state index in [9.17, 15) is 9.59 Å². The third-order valence-corrected chi connectivity index (χ3v) is 5.91. The number of carbonyl (C=O) groups excluding carboxylic acids is 2. The van der Waals surface area contributed by atoms with Gasteiger partial charge in [-0.1, -0.05) is 0 Å². The molecule has 3 aliphatic rings. The zero-order chi connectivity index (χ0) is 15.8. The van der Waals surface area contributed by atoms with Gasteiger partial charge in [0.25, 0.3) is 5.91 Å². The van der Waals surface area contributed by atoms with Crippen molar-refractivity contribution in [3.05, 3.63) is 16.6 Å². The van der Waals surface area contributed by atoms with Gasteiger partial charge in [0.05, 0.1) is 17.6 Å². The Hall–Kier alpha value is -1.47. The number of thiazole rings is 1. The number of fused-ring (bicyclic) bond motifs is 1. The van der Waals surface area contributed by atoms with Crippen molar-refractivity contribution in [3.63, 3.8) is 0 Å². The molecule has 124 valence electrons. The Morgan fingerprint density at radius 3 is 2.87 bits per heavy atom. The van der Waals surface area contributed by atoms with Gasteiger partial charge in [0.15, 0.2) is 0 Å². The topological polar surface area (TPSA) is 62.7 Å². The first-order valence-corrected chi connectivity index (χ1v) is 9.24. The van der Waals surface area contributed by atoms with Crippen LogP contribution in [0, 0.1) is 5.92 Å². The van der Waals surface area contributed by atoms with Gasteiger partial charge in [-0.15, -0.1) is 11.3 Å². The van der Waals surface area contributed by atoms with Crippen LogP contribution in [0.3, 0.4) is 0 Å². The van der Waals surface area contributed by atoms with Crippen molar-refractivity contribution >= 4 is 23.2 Å². The van der Waals surface area contributed by atoms with Crippen molar-refractivity contribution in [2.75, 3.05) is 26.3 Å². The van der Waals surface area contributed by atoms with Crippen LogP contribution in [0.15, 0.2) is 10.9 Å². The fourth-order valence-corrected chi connectivity index (χ4v) is 4.62. The van der Waals surface area contributed by atoms with Gasteiger partial charge >= 0.3 is 0 Å². The second-order valence-corrected chi connectivity index (χ2v) is 7.32. The summed E-state index contributed by atoms with van der Waals surface area (Å²) < 4.78 is 5.41. The summed E-state index contributed by atoms with van der Waals surface area (Å²) >= 11 is 1.43. The number of hydrogen-bond acceptors (Lipinski definition) is 5. The standard InChI is InChI=1S/C16H21N3O3S/c20-15-7-14-13(19(15)8-11-2-5-22-6-3-11)1-4-18(14)16(21)12-9-23-10-17-12/h9-11,13-14H,1-8H2/t13-,14+/m0/s1. The molecule has 0 bridgehead atoms. The van der Waals surface area contributed by atoms with Crippen LogP contribution in [0.2, 0.25) is 0 Å². The molecule has 23 heavy (non-hydrogen) atoms. The highest BCUT2D eigenvalue weighted by atomic mass is 32.1. The van der Waals surface area contributed by atoms with E-state index in [4.69, 9.17) is 4.74 Å². The molecule has 4 rings (SSSR count). The Bertz CT molecular complexity index is 585. The third kappa shape index (κ3) is 2.76. The highest BCUT2D eigenvalue weighted by Crippen LogP contribution is 2.34. The highest BCUT2D eigenvalue weighted by molar-refractivity contribution is 7.07. The average molecular weight is 335 g/mol. The molecular formula is C16H21N3O3S. The lowest BCUT2D eigenvalue weighted by Gasteiger charge is -2.30. The minimum absolute atomic E-state index is 0.0246. The van der Waals surface area contributed by atoms with E-state index in [-0.39, 0.29) is 23.9 Å². The molecule has 2 atom stereocenters. The second kappa shape index (κ2) is 6.20. The molecule has 7 heteroatoms. The molecule has 3 aliphatic heterocycles. The number of ether oxygens (including phenoxy) is 1. The van der Waals surface area contributed by atoms with E-state index in [0.29, 0.717) is 18.0 Å². The van der Waals surface area contributed by atoms with E-state index in [0.717, 1.165) is 45.6 Å². The number of nitrogens with zero attached hydrogens (tertiary/aromatic N) is 3. The Morgan fingerprint density at radius 1 is 1.30 bits per heavy atom. The van der Waals surface area contributed by atoms with Gasteiger partial charge in [0, 0.05) is 38.1 Å². The van der Waals surface area contributed by atoms with E-state index in [1.54, 1.807) is 10.9 Å². The molecule has 1 aromatic heterocycles. The smallest absolute Gasteiger partial charge is 0.273 e. The number of aromatic nitrogens is 1. The Kier molecular flexibility index (Phi) is 4.07. The van der Waals surface area contributed by atoms with Gasteiger partial charge in [0.2, 0.25) is 5.91 Å². The van der Waals surface area contributed by atoms with E-state index in [1.807, 2.05) is 9.80 Å². The number of hydrogen-bond donors (Lipinski definition) is 0. The largest absolute Gasteiger partial charge is 0.381 e. The van der Waals surface area contributed by atoms with Crippen molar-refractivity contribution in [1.82, 2.24) is 14.8 Å². The number of carbonyl (C=O) groups is 2. The maximum atomic E-state index is 12.6. The maximum Gasteiger partial charge on any atom is 0.273 e. The molecule has 6 nitrogen and oxygen atoms in total. The lowest BCUT2D eigenvalue weighted by molar-refractivity contribution is -0.130. The van der Waals surface area contributed by atoms with Crippen LogP contribution in [0.4, 0.5) is 0 Å². The van der Waals surface area contributed by atoms with E-state index < -0.39 is 0 Å². The molecule has 0 aromatic carbocycles. The average Bonchev–Trinajstić information content (AvgIpc) is 3.27. The first-order chi connectivity index (χ1) is 11.2. The van der Waals surface area contributed by atoms with Gasteiger partial charge in [0.1, 0.15) is 5.69 Å². The molecule has 0 aliphatic carbocycles. The molecule has 3 fully saturated rings. The van der Waals surface area contributed by atoms with Gasteiger partial charge in [-0.05, 0) is 25.2 Å². The fraction of sp³-hybridized carbons (Fsp3) is 0.688. The monoisotopic (exact) mass is 335 g/mol. The molecule has 1 aromatic rings. The van der Waals surface area contributed by atoms with Crippen molar-refractivity contribution < 1.29 is 14.3 Å². The quantitative estimate of drug-likeness (QED) is 0.837. The maximum absolute atomic E-state index is 12.6. The molecule has 0 saturated carbocycles. The number of amides is 2. The van der Waals surface area contributed by atoms with E-state index in [2.05, 4.69) is 4.98 Å². The van der Waals surface area contributed by atoms with Crippen molar-refractivity contribution in [1.29, 1.82) is 0 Å². The van der Waals surface area contributed by atoms with Crippen LogP contribution in [-0.4, -0.2) is 65.0 Å². The summed E-state index contributed by atoms with van der Waals surface area (Å²) in [6.45, 7) is 3.15. The van der Waals surface area contributed by atoms with Crippen LogP contribution in [-0.2, 0) is 9.53 Å². The van der Waals surface area contributed by atoms with Gasteiger partial charge in [-0.2, -0.15) is 0 Å². The molecule has 2 amide bonds. The molecule has 0 unspecified atom stereocenters. The van der Waals surface area contributed by atoms with Gasteiger partial charge < -0.3 is 14.5 Å². The second-order valence-electron chi connectivity index (χ2n) is 6.60. The summed E-state index contributed by atoms with van der Waals surface area (Å²) in [6.07, 6.45) is 3.41. The minimum atomic E-state index is -0.0283. The van der Waals surface area contributed by atoms with Crippen molar-refractivity contribution in [2.45, 2.75) is 37.8 Å². The first kappa shape index (κ1) is 15.1. The Labute approximate surface area is 139 Å². The summed E-state index contributed by atoms with van der Waals surface area (Å²) in [5.74, 6) is 0.705. The zero-order valence-electron chi connectivity index (χ0n) is 13.0. The summed E-state index contributed by atoms with van der Waals surface area (Å²) in [6, 6.07) is 0.212. The fourth-order valence-electron chi connectivity index (χ4n) is 4.09. The van der Waals surface area contributed by atoms with Gasteiger partial charge in [-0.25, -0.2) is 4.98 Å². The van der Waals surface area contributed by atoms with Crippen LogP contribution in [0.25, 0.3) is 0 Å². The van der Waals surface area contributed by atoms with Crippen LogP contribution in [0.1, 0.15) is 36.2 Å². The molecule has 0 radical (unpaired) electrons. The third-order valence-electron chi connectivity index (χ3n) is 5.32. The Balaban J connectivity index is 1.45. The van der Waals surface area contributed by atoms with Gasteiger partial charge in [-0.3, -0.25) is 9.59 Å². The Morgan fingerprint density at radius 2 is 2.13 bits per heavy atom. The number of likely N-dealkylation sites (tertiary alicyclic amines) is 2. The van der Waals surface area contributed by atoms with Crippen LogP contribution in [0.5, 0.6) is 0 Å². The SMILES string of the molecule is O=C(c1cscn1)N1CC[C@H]2[C@H]1CC(=O)N2CC1CCOCC1. The van der Waals surface area contributed by atoms with Crippen LogP contribution < -0.4 is 0 Å². The minimum Gasteiger partial charge on any atom is -0.381 e. The number of rotatable bonds is 3. The summed E-state index contributed by atoms with van der Waals surface area (Å²) in [7, 11) is 0. The molecule has 0 spiro atoms. The lowest BCUT2D eigenvalue weighted by atomic mass is 9.99. The molecule has 0 N–H and O–H groups in total. The lowest BCUT2D eigenvalue weighted by Crippen LogP contribution is -2.42. The molecular weight excluding hydrogens is 314 g/mol. The molecule has 4 heterocycles. The van der Waals surface area contributed by atoms with Crippen molar-refractivity contribution in [2.24, 2.45) is 5.92 Å².